The molecule has 0 aliphatic rings. The number of allylic oxidation sites excluding steroid dienone is 2. The molecule has 0 aliphatic heterocycles. The zero-order valence-electron chi connectivity index (χ0n) is 26.2. The molecular formula is C35H66O4. The fourth-order valence-corrected chi connectivity index (χ4v) is 5.19. The van der Waals surface area contributed by atoms with Crippen molar-refractivity contribution in [2.75, 3.05) is 0 Å². The van der Waals surface area contributed by atoms with Crippen LogP contribution < -0.4 is 0 Å². The Balaban J connectivity index is 4.07. The van der Waals surface area contributed by atoms with Crippen LogP contribution in [0.2, 0.25) is 0 Å². The van der Waals surface area contributed by atoms with Gasteiger partial charge in [0.15, 0.2) is 0 Å². The Kier molecular flexibility index (Phi) is 30.2. The summed E-state index contributed by atoms with van der Waals surface area (Å²) in [4.78, 5) is 23.2. The number of esters is 1. The second kappa shape index (κ2) is 31.2. The van der Waals surface area contributed by atoms with Crippen molar-refractivity contribution >= 4 is 11.9 Å². The summed E-state index contributed by atoms with van der Waals surface area (Å²) in [6.45, 7) is 4.48. The molecule has 230 valence electrons. The summed E-state index contributed by atoms with van der Waals surface area (Å²) in [5.41, 5.74) is 0. The molecule has 0 fully saturated rings. The first-order chi connectivity index (χ1) is 19.1. The van der Waals surface area contributed by atoms with Gasteiger partial charge in [-0.15, -0.1) is 0 Å². The van der Waals surface area contributed by atoms with Crippen LogP contribution in [0.15, 0.2) is 12.2 Å². The molecule has 0 saturated carbocycles. The number of hydrogen-bond donors (Lipinski definition) is 1. The molecule has 0 bridgehead atoms. The molecule has 0 heterocycles. The number of hydrogen-bond acceptors (Lipinski definition) is 3. The molecule has 4 nitrogen and oxygen atoms in total. The highest BCUT2D eigenvalue weighted by Crippen LogP contribution is 2.19. The Bertz CT molecular complexity index is 557. The number of carboxylic acids is 1. The molecule has 0 spiro atoms. The molecule has 39 heavy (non-hydrogen) atoms. The van der Waals surface area contributed by atoms with E-state index >= 15 is 0 Å². The van der Waals surface area contributed by atoms with Crippen molar-refractivity contribution in [3.63, 3.8) is 0 Å². The van der Waals surface area contributed by atoms with Crippen molar-refractivity contribution in [2.24, 2.45) is 0 Å². The monoisotopic (exact) mass is 550 g/mol. The third-order valence-corrected chi connectivity index (χ3v) is 7.72. The lowest BCUT2D eigenvalue weighted by molar-refractivity contribution is -0.150. The topological polar surface area (TPSA) is 63.6 Å². The first-order valence-electron chi connectivity index (χ1n) is 17.2. The molecule has 1 atom stereocenters. The summed E-state index contributed by atoms with van der Waals surface area (Å²) in [6.07, 6.45) is 36.5. The SMILES string of the molecule is CCC/C=C\CCCCCCCC(=O)OC(CCCCCCCCCCCCC)CCCCCCCC(=O)O. The Morgan fingerprint density at radius 2 is 0.974 bits per heavy atom. The van der Waals surface area contributed by atoms with E-state index < -0.39 is 5.97 Å². The minimum absolute atomic E-state index is 0.00738. The van der Waals surface area contributed by atoms with Crippen LogP contribution in [0, 0.1) is 0 Å². The van der Waals surface area contributed by atoms with Crippen LogP contribution in [-0.2, 0) is 14.3 Å². The van der Waals surface area contributed by atoms with Crippen molar-refractivity contribution in [3.8, 4) is 0 Å². The number of rotatable bonds is 31. The highest BCUT2D eigenvalue weighted by molar-refractivity contribution is 5.69. The second-order valence-corrected chi connectivity index (χ2v) is 11.7. The largest absolute Gasteiger partial charge is 0.481 e. The predicted molar refractivity (Wildman–Crippen MR) is 167 cm³/mol. The van der Waals surface area contributed by atoms with E-state index in [9.17, 15) is 9.59 Å². The van der Waals surface area contributed by atoms with Gasteiger partial charge in [0.1, 0.15) is 6.10 Å². The van der Waals surface area contributed by atoms with Crippen molar-refractivity contribution < 1.29 is 19.4 Å². The van der Waals surface area contributed by atoms with Crippen molar-refractivity contribution in [3.05, 3.63) is 12.2 Å². The van der Waals surface area contributed by atoms with Gasteiger partial charge in [-0.3, -0.25) is 9.59 Å². The van der Waals surface area contributed by atoms with Gasteiger partial charge in [0.25, 0.3) is 0 Å². The lowest BCUT2D eigenvalue weighted by Gasteiger charge is -2.18. The quantitative estimate of drug-likeness (QED) is 0.0529. The summed E-state index contributed by atoms with van der Waals surface area (Å²) in [7, 11) is 0. The van der Waals surface area contributed by atoms with E-state index in [1.165, 1.54) is 103 Å². The highest BCUT2D eigenvalue weighted by atomic mass is 16.5. The van der Waals surface area contributed by atoms with Crippen molar-refractivity contribution in [1.29, 1.82) is 0 Å². The Morgan fingerprint density at radius 1 is 0.538 bits per heavy atom. The van der Waals surface area contributed by atoms with E-state index in [0.717, 1.165) is 64.2 Å². The molecule has 0 aliphatic carbocycles. The minimum Gasteiger partial charge on any atom is -0.481 e. The van der Waals surface area contributed by atoms with E-state index in [4.69, 9.17) is 9.84 Å². The van der Waals surface area contributed by atoms with E-state index in [0.29, 0.717) is 6.42 Å². The molecule has 0 aromatic rings. The van der Waals surface area contributed by atoms with E-state index in [1.54, 1.807) is 0 Å². The maximum atomic E-state index is 12.5. The Labute approximate surface area is 243 Å². The van der Waals surface area contributed by atoms with Crippen LogP contribution in [0.4, 0.5) is 0 Å². The summed E-state index contributed by atoms with van der Waals surface area (Å²) in [5.74, 6) is -0.708. The van der Waals surface area contributed by atoms with Crippen molar-refractivity contribution in [1.82, 2.24) is 0 Å². The van der Waals surface area contributed by atoms with Gasteiger partial charge in [-0.2, -0.15) is 0 Å². The number of aliphatic carboxylic acids is 1. The maximum Gasteiger partial charge on any atom is 0.306 e. The molecule has 0 amide bonds. The van der Waals surface area contributed by atoms with Gasteiger partial charge in [0, 0.05) is 12.8 Å². The number of carboxylic acid groups (broad SMARTS) is 1. The van der Waals surface area contributed by atoms with Crippen LogP contribution in [0.5, 0.6) is 0 Å². The summed E-state index contributed by atoms with van der Waals surface area (Å²) < 4.78 is 5.96. The molecule has 1 unspecified atom stereocenters. The number of unbranched alkanes of at least 4 members (excludes halogenated alkanes) is 20. The molecule has 0 aromatic heterocycles. The van der Waals surface area contributed by atoms with Crippen molar-refractivity contribution in [2.45, 2.75) is 200 Å². The molecule has 0 aromatic carbocycles. The normalized spacial score (nSPS) is 12.3. The van der Waals surface area contributed by atoms with Gasteiger partial charge in [0.05, 0.1) is 0 Å². The Hall–Kier alpha value is -1.32. The van der Waals surface area contributed by atoms with Crippen LogP contribution >= 0.6 is 0 Å². The fraction of sp³-hybridized carbons (Fsp3) is 0.886. The predicted octanol–water partition coefficient (Wildman–Crippen LogP) is 11.5. The van der Waals surface area contributed by atoms with Crippen LogP contribution in [0.1, 0.15) is 194 Å². The lowest BCUT2D eigenvalue weighted by atomic mass is 10.0. The van der Waals surface area contributed by atoms with Gasteiger partial charge >= 0.3 is 11.9 Å². The van der Waals surface area contributed by atoms with Crippen LogP contribution in [-0.4, -0.2) is 23.1 Å². The molecule has 1 N–H and O–H groups in total. The second-order valence-electron chi connectivity index (χ2n) is 11.7. The van der Waals surface area contributed by atoms with E-state index in [2.05, 4.69) is 26.0 Å². The number of carbonyl (C=O) groups is 2. The molecule has 4 heteroatoms. The highest BCUT2D eigenvalue weighted by Gasteiger charge is 2.14. The maximum absolute atomic E-state index is 12.5. The van der Waals surface area contributed by atoms with Gasteiger partial charge in [-0.25, -0.2) is 0 Å². The molecule has 0 rings (SSSR count). The zero-order valence-corrected chi connectivity index (χ0v) is 26.2. The van der Waals surface area contributed by atoms with Gasteiger partial charge in [-0.05, 0) is 57.8 Å². The third kappa shape index (κ3) is 31.1. The average Bonchev–Trinajstić information content (AvgIpc) is 2.91. The van der Waals surface area contributed by atoms with Gasteiger partial charge in [0.2, 0.25) is 0 Å². The molecule has 0 saturated heterocycles. The van der Waals surface area contributed by atoms with E-state index in [1.807, 2.05) is 0 Å². The zero-order chi connectivity index (χ0) is 28.7. The Morgan fingerprint density at radius 3 is 1.49 bits per heavy atom. The average molecular weight is 551 g/mol. The standard InChI is InChI=1S/C35H66O4/c1-3-5-7-9-11-13-15-16-18-21-25-29-33(30-26-22-20-23-27-31-34(36)37)39-35(38)32-28-24-19-17-14-12-10-8-6-4-2/h8,10,33H,3-7,9,11-32H2,1-2H3,(H,36,37)/b10-8-. The molecule has 0 radical (unpaired) electrons. The first kappa shape index (κ1) is 37.7. The number of carbonyl (C=O) groups excluding carboxylic acids is 1. The van der Waals surface area contributed by atoms with E-state index in [-0.39, 0.29) is 18.5 Å². The van der Waals surface area contributed by atoms with Crippen LogP contribution in [0.3, 0.4) is 0 Å². The van der Waals surface area contributed by atoms with Gasteiger partial charge in [-0.1, -0.05) is 135 Å². The lowest BCUT2D eigenvalue weighted by Crippen LogP contribution is -2.18. The number of ether oxygens (including phenoxy) is 1. The minimum atomic E-state index is -0.700. The van der Waals surface area contributed by atoms with Crippen LogP contribution in [0.25, 0.3) is 0 Å². The molecular weight excluding hydrogens is 484 g/mol. The third-order valence-electron chi connectivity index (χ3n) is 7.72. The summed E-state index contributed by atoms with van der Waals surface area (Å²) in [5, 5.41) is 8.78. The summed E-state index contributed by atoms with van der Waals surface area (Å²) >= 11 is 0. The smallest absolute Gasteiger partial charge is 0.306 e. The summed E-state index contributed by atoms with van der Waals surface area (Å²) in [6, 6.07) is 0. The first-order valence-corrected chi connectivity index (χ1v) is 17.2. The fourth-order valence-electron chi connectivity index (χ4n) is 5.19. The van der Waals surface area contributed by atoms with Gasteiger partial charge < -0.3 is 9.84 Å².